The molecule has 1 saturated heterocycles. The first-order chi connectivity index (χ1) is 17.7. The Morgan fingerprint density at radius 1 is 1.16 bits per heavy atom. The van der Waals surface area contributed by atoms with E-state index in [2.05, 4.69) is 19.7 Å². The number of morpholine rings is 1. The number of pyridine rings is 1. The molecule has 2 aromatic heterocycles. The number of carbonyl (C=O) groups excluding carboxylic acids is 1. The van der Waals surface area contributed by atoms with Crippen LogP contribution in [0.15, 0.2) is 41.6 Å². The Hall–Kier alpha value is -3.48. The topological polar surface area (TPSA) is 133 Å². The summed E-state index contributed by atoms with van der Waals surface area (Å²) >= 11 is 6.29. The number of rotatable bonds is 9. The van der Waals surface area contributed by atoms with Gasteiger partial charge in [-0.25, -0.2) is 9.97 Å². The predicted molar refractivity (Wildman–Crippen MR) is 138 cm³/mol. The summed E-state index contributed by atoms with van der Waals surface area (Å²) in [6.45, 7) is 5.75. The minimum atomic E-state index is -4.21. The molecule has 1 aliphatic heterocycles. The number of ether oxygens (including phenoxy) is 3. The second-order valence-electron chi connectivity index (χ2n) is 8.39. The van der Waals surface area contributed by atoms with E-state index in [1.54, 1.807) is 23.1 Å². The van der Waals surface area contributed by atoms with Gasteiger partial charge < -0.3 is 19.1 Å². The van der Waals surface area contributed by atoms with E-state index in [0.29, 0.717) is 38.3 Å². The molecule has 1 aliphatic rings. The monoisotopic (exact) mass is 547 g/mol. The Balaban J connectivity index is 1.80. The van der Waals surface area contributed by atoms with Crippen molar-refractivity contribution in [2.24, 2.45) is 0 Å². The second-order valence-corrected chi connectivity index (χ2v) is 10.4. The zero-order valence-corrected chi connectivity index (χ0v) is 22.0. The van der Waals surface area contributed by atoms with Gasteiger partial charge in [0.15, 0.2) is 28.6 Å². The molecule has 3 aromatic rings. The fraction of sp³-hybridized carbons (Fsp3) is 0.333. The number of hydrogen-bond donors (Lipinski definition) is 1. The molecule has 0 amide bonds. The van der Waals surface area contributed by atoms with Gasteiger partial charge in [0.2, 0.25) is 5.95 Å². The fourth-order valence-corrected chi connectivity index (χ4v) is 4.57. The van der Waals surface area contributed by atoms with Crippen molar-refractivity contribution in [1.29, 1.82) is 0 Å². The van der Waals surface area contributed by atoms with Crippen LogP contribution in [0.25, 0.3) is 0 Å². The third-order valence-electron chi connectivity index (χ3n) is 5.57. The van der Waals surface area contributed by atoms with Crippen molar-refractivity contribution in [3.8, 4) is 17.2 Å². The maximum absolute atomic E-state index is 13.3. The maximum atomic E-state index is 13.3. The number of aldehydes is 1. The molecule has 0 radical (unpaired) electrons. The summed E-state index contributed by atoms with van der Waals surface area (Å²) in [5.74, 6) is 0.422. The van der Waals surface area contributed by atoms with Crippen LogP contribution in [-0.2, 0) is 14.8 Å². The maximum Gasteiger partial charge on any atom is 0.280 e. The van der Waals surface area contributed by atoms with Gasteiger partial charge in [-0.1, -0.05) is 31.5 Å². The van der Waals surface area contributed by atoms with Gasteiger partial charge in [0, 0.05) is 25.4 Å². The van der Waals surface area contributed by atoms with Gasteiger partial charge >= 0.3 is 0 Å². The van der Waals surface area contributed by atoms with Crippen LogP contribution < -0.4 is 19.1 Å². The summed E-state index contributed by atoms with van der Waals surface area (Å²) in [5.41, 5.74) is 0.715. The molecule has 37 heavy (non-hydrogen) atoms. The summed E-state index contributed by atoms with van der Waals surface area (Å²) in [4.78, 5) is 26.7. The van der Waals surface area contributed by atoms with E-state index in [1.807, 2.05) is 13.8 Å². The molecule has 196 valence electrons. The zero-order chi connectivity index (χ0) is 26.6. The normalized spacial score (nSPS) is 13.9. The van der Waals surface area contributed by atoms with E-state index in [9.17, 15) is 13.2 Å². The lowest BCUT2D eigenvalue weighted by Gasteiger charge is -2.27. The molecule has 3 heterocycles. The summed E-state index contributed by atoms with van der Waals surface area (Å²) in [5, 5.41) is -0.0175. The number of benzene rings is 1. The van der Waals surface area contributed by atoms with E-state index >= 15 is 0 Å². The highest BCUT2D eigenvalue weighted by molar-refractivity contribution is 7.92. The first-order valence-corrected chi connectivity index (χ1v) is 13.3. The lowest BCUT2D eigenvalue weighted by molar-refractivity contribution is 0.111. The molecule has 1 N–H and O–H groups in total. The van der Waals surface area contributed by atoms with E-state index in [1.165, 1.54) is 25.4 Å². The Labute approximate surface area is 219 Å². The van der Waals surface area contributed by atoms with Gasteiger partial charge in [-0.05, 0) is 29.7 Å². The summed E-state index contributed by atoms with van der Waals surface area (Å²) in [6, 6.07) is 7.77. The molecule has 0 unspecified atom stereocenters. The van der Waals surface area contributed by atoms with Crippen molar-refractivity contribution in [3.63, 3.8) is 0 Å². The molecule has 13 heteroatoms. The van der Waals surface area contributed by atoms with Crippen molar-refractivity contribution < 1.29 is 27.4 Å². The van der Waals surface area contributed by atoms with Crippen LogP contribution >= 0.6 is 11.6 Å². The molecule has 0 saturated carbocycles. The highest BCUT2D eigenvalue weighted by Crippen LogP contribution is 2.38. The second kappa shape index (κ2) is 11.3. The summed E-state index contributed by atoms with van der Waals surface area (Å²) in [7, 11) is -2.74. The minimum absolute atomic E-state index is 0.117. The van der Waals surface area contributed by atoms with Crippen LogP contribution in [-0.4, -0.2) is 63.1 Å². The number of anilines is 2. The zero-order valence-electron chi connectivity index (χ0n) is 20.5. The van der Waals surface area contributed by atoms with Crippen molar-refractivity contribution >= 4 is 39.7 Å². The van der Waals surface area contributed by atoms with Gasteiger partial charge in [0.05, 0.1) is 25.3 Å². The van der Waals surface area contributed by atoms with Crippen molar-refractivity contribution in [2.45, 2.75) is 24.8 Å². The Morgan fingerprint density at radius 3 is 2.54 bits per heavy atom. The average Bonchev–Trinajstić information content (AvgIpc) is 2.91. The molecular formula is C24H26ClN5O6S. The van der Waals surface area contributed by atoms with Crippen molar-refractivity contribution in [3.05, 3.63) is 52.8 Å². The van der Waals surface area contributed by atoms with Crippen LogP contribution in [0, 0.1) is 0 Å². The molecular weight excluding hydrogens is 522 g/mol. The SMILES string of the molecule is COc1ccc(Cl)c(Oc2c(C=O)nc(N3CCOCC3)nc2NS(=O)(=O)c2ccc(C(C)C)cn2)c1. The van der Waals surface area contributed by atoms with Crippen LogP contribution in [0.2, 0.25) is 5.02 Å². The van der Waals surface area contributed by atoms with Crippen LogP contribution in [0.1, 0.15) is 35.8 Å². The van der Waals surface area contributed by atoms with Gasteiger partial charge in [-0.15, -0.1) is 0 Å². The minimum Gasteiger partial charge on any atom is -0.497 e. The molecule has 0 aliphatic carbocycles. The van der Waals surface area contributed by atoms with Crippen LogP contribution in [0.3, 0.4) is 0 Å². The number of halogens is 1. The smallest absolute Gasteiger partial charge is 0.280 e. The van der Waals surface area contributed by atoms with E-state index < -0.39 is 10.0 Å². The van der Waals surface area contributed by atoms with Gasteiger partial charge in [-0.2, -0.15) is 13.4 Å². The van der Waals surface area contributed by atoms with Crippen molar-refractivity contribution in [1.82, 2.24) is 15.0 Å². The lowest BCUT2D eigenvalue weighted by Crippen LogP contribution is -2.37. The number of hydrogen-bond acceptors (Lipinski definition) is 10. The van der Waals surface area contributed by atoms with Crippen LogP contribution in [0.5, 0.6) is 17.2 Å². The van der Waals surface area contributed by atoms with E-state index in [-0.39, 0.29) is 44.9 Å². The van der Waals surface area contributed by atoms with Gasteiger partial charge in [0.1, 0.15) is 11.5 Å². The molecule has 1 fully saturated rings. The predicted octanol–water partition coefficient (Wildman–Crippen LogP) is 3.90. The number of nitrogens with zero attached hydrogens (tertiary/aromatic N) is 4. The highest BCUT2D eigenvalue weighted by Gasteiger charge is 2.26. The lowest BCUT2D eigenvalue weighted by atomic mass is 10.1. The third-order valence-corrected chi connectivity index (χ3v) is 7.13. The van der Waals surface area contributed by atoms with Crippen molar-refractivity contribution in [2.75, 3.05) is 43.0 Å². The van der Waals surface area contributed by atoms with E-state index in [0.717, 1.165) is 5.56 Å². The molecule has 4 rings (SSSR count). The van der Waals surface area contributed by atoms with Gasteiger partial charge in [0.25, 0.3) is 10.0 Å². The summed E-state index contributed by atoms with van der Waals surface area (Å²) in [6.07, 6.45) is 1.96. The first-order valence-electron chi connectivity index (χ1n) is 11.4. The fourth-order valence-electron chi connectivity index (χ4n) is 3.48. The standard InChI is InChI=1S/C24H26ClN5O6S/c1-15(2)16-4-7-21(26-13-16)37(32,33)29-23-22(36-20-12-17(34-3)5-6-18(20)25)19(14-31)27-24(28-23)30-8-10-35-11-9-30/h4-7,12-15H,8-11H2,1-3H3,(H,27,28,29). The number of carbonyl (C=O) groups is 1. The molecule has 1 aromatic carbocycles. The quantitative estimate of drug-likeness (QED) is 0.393. The molecule has 11 nitrogen and oxygen atoms in total. The number of sulfonamides is 1. The Kier molecular flexibility index (Phi) is 8.10. The Bertz CT molecular complexity index is 1380. The summed E-state index contributed by atoms with van der Waals surface area (Å²) < 4.78 is 45.5. The Morgan fingerprint density at radius 2 is 1.92 bits per heavy atom. The number of methoxy groups -OCH3 is 1. The number of aromatic nitrogens is 3. The first kappa shape index (κ1) is 26.6. The largest absolute Gasteiger partial charge is 0.497 e. The number of nitrogens with one attached hydrogen (secondary N) is 1. The highest BCUT2D eigenvalue weighted by atomic mass is 35.5. The van der Waals surface area contributed by atoms with E-state index in [4.69, 9.17) is 25.8 Å². The molecule has 0 bridgehead atoms. The average molecular weight is 548 g/mol. The molecule has 0 spiro atoms. The van der Waals surface area contributed by atoms with Gasteiger partial charge in [-0.3, -0.25) is 9.52 Å². The van der Waals surface area contributed by atoms with Crippen LogP contribution in [0.4, 0.5) is 11.8 Å². The molecule has 0 atom stereocenters. The third kappa shape index (κ3) is 6.09.